The van der Waals surface area contributed by atoms with E-state index in [1.807, 2.05) is 31.2 Å². The lowest BCUT2D eigenvalue weighted by atomic mass is 10.1. The van der Waals surface area contributed by atoms with Crippen LogP contribution in [0.4, 0.5) is 0 Å². The molecule has 1 N–H and O–H groups in total. The first kappa shape index (κ1) is 12.6. The topological polar surface area (TPSA) is 34.2 Å². The number of aromatic amines is 1. The number of ether oxygens (including phenoxy) is 2. The Hall–Kier alpha value is -2.42. The van der Waals surface area contributed by atoms with E-state index in [1.165, 1.54) is 5.39 Å². The van der Waals surface area contributed by atoms with Crippen LogP contribution in [0.2, 0.25) is 0 Å². The smallest absolute Gasteiger partial charge is 0.120 e. The van der Waals surface area contributed by atoms with Crippen LogP contribution >= 0.6 is 0 Å². The van der Waals surface area contributed by atoms with Crippen molar-refractivity contribution in [1.82, 2.24) is 4.98 Å². The number of rotatable bonds is 4. The van der Waals surface area contributed by atoms with Crippen LogP contribution in [0.5, 0.6) is 11.5 Å². The lowest BCUT2D eigenvalue weighted by Gasteiger charge is -2.03. The third kappa shape index (κ3) is 2.35. The fourth-order valence-corrected chi connectivity index (χ4v) is 2.29. The van der Waals surface area contributed by atoms with Crippen LogP contribution in [0.1, 0.15) is 6.92 Å². The monoisotopic (exact) mass is 267 g/mol. The molecule has 0 unspecified atom stereocenters. The molecule has 3 heteroatoms. The highest BCUT2D eigenvalue weighted by Crippen LogP contribution is 2.27. The van der Waals surface area contributed by atoms with Gasteiger partial charge in [0, 0.05) is 22.7 Å². The highest BCUT2D eigenvalue weighted by molar-refractivity contribution is 5.86. The number of hydrogen-bond donors (Lipinski definition) is 1. The summed E-state index contributed by atoms with van der Waals surface area (Å²) in [5.74, 6) is 1.76. The maximum atomic E-state index is 5.46. The van der Waals surface area contributed by atoms with Gasteiger partial charge in [-0.15, -0.1) is 0 Å². The second-order valence-corrected chi connectivity index (χ2v) is 4.59. The molecule has 3 aromatic rings. The third-order valence-corrected chi connectivity index (χ3v) is 3.31. The lowest BCUT2D eigenvalue weighted by Crippen LogP contribution is -1.90. The van der Waals surface area contributed by atoms with Crippen LogP contribution in [0.15, 0.2) is 48.5 Å². The van der Waals surface area contributed by atoms with Gasteiger partial charge in [0.1, 0.15) is 11.5 Å². The summed E-state index contributed by atoms with van der Waals surface area (Å²) in [6.07, 6.45) is 0. The van der Waals surface area contributed by atoms with Crippen LogP contribution in [0.25, 0.3) is 22.2 Å². The highest BCUT2D eigenvalue weighted by atomic mass is 16.5. The highest BCUT2D eigenvalue weighted by Gasteiger charge is 2.04. The molecule has 1 heterocycles. The van der Waals surface area contributed by atoms with Gasteiger partial charge in [0.25, 0.3) is 0 Å². The summed E-state index contributed by atoms with van der Waals surface area (Å²) in [6.45, 7) is 2.67. The Bertz CT molecular complexity index is 713. The van der Waals surface area contributed by atoms with Crippen LogP contribution in [-0.2, 0) is 0 Å². The van der Waals surface area contributed by atoms with E-state index < -0.39 is 0 Å². The molecule has 0 radical (unpaired) electrons. The molecule has 0 aliphatic rings. The molecule has 2 aromatic carbocycles. The van der Waals surface area contributed by atoms with Crippen molar-refractivity contribution < 1.29 is 9.47 Å². The standard InChI is InChI=1S/C17H17NO2/c1-3-20-14-7-4-12(5-8-14)16-10-13-6-9-15(19-2)11-17(13)18-16/h4-11,18H,3H2,1-2H3. The summed E-state index contributed by atoms with van der Waals surface area (Å²) in [5, 5.41) is 1.18. The molecule has 20 heavy (non-hydrogen) atoms. The van der Waals surface area contributed by atoms with Gasteiger partial charge in [-0.1, -0.05) is 0 Å². The number of methoxy groups -OCH3 is 1. The second kappa shape index (κ2) is 5.29. The first-order chi connectivity index (χ1) is 9.80. The zero-order chi connectivity index (χ0) is 13.9. The predicted octanol–water partition coefficient (Wildman–Crippen LogP) is 4.24. The average Bonchev–Trinajstić information content (AvgIpc) is 2.91. The quantitative estimate of drug-likeness (QED) is 0.767. The molecule has 102 valence electrons. The Morgan fingerprint density at radius 2 is 1.70 bits per heavy atom. The van der Waals surface area contributed by atoms with Crippen molar-refractivity contribution >= 4 is 10.9 Å². The molecular weight excluding hydrogens is 250 g/mol. The zero-order valence-corrected chi connectivity index (χ0v) is 11.6. The summed E-state index contributed by atoms with van der Waals surface area (Å²) in [5.41, 5.74) is 3.31. The molecule has 3 nitrogen and oxygen atoms in total. The van der Waals surface area contributed by atoms with Gasteiger partial charge < -0.3 is 14.5 Å². The minimum atomic E-state index is 0.686. The number of nitrogens with one attached hydrogen (secondary N) is 1. The lowest BCUT2D eigenvalue weighted by molar-refractivity contribution is 0.340. The van der Waals surface area contributed by atoms with E-state index in [1.54, 1.807) is 7.11 Å². The Morgan fingerprint density at radius 3 is 2.40 bits per heavy atom. The van der Waals surface area contributed by atoms with Gasteiger partial charge in [0.2, 0.25) is 0 Å². The van der Waals surface area contributed by atoms with Crippen molar-refractivity contribution in [2.24, 2.45) is 0 Å². The van der Waals surface area contributed by atoms with E-state index in [-0.39, 0.29) is 0 Å². The van der Waals surface area contributed by atoms with Crippen molar-refractivity contribution in [3.63, 3.8) is 0 Å². The summed E-state index contributed by atoms with van der Waals surface area (Å²) in [7, 11) is 1.68. The van der Waals surface area contributed by atoms with E-state index in [4.69, 9.17) is 9.47 Å². The van der Waals surface area contributed by atoms with Crippen LogP contribution in [-0.4, -0.2) is 18.7 Å². The first-order valence-corrected chi connectivity index (χ1v) is 6.70. The fraction of sp³-hybridized carbons (Fsp3) is 0.176. The van der Waals surface area contributed by atoms with Crippen molar-refractivity contribution in [1.29, 1.82) is 0 Å². The Labute approximate surface area is 118 Å². The molecule has 0 amide bonds. The molecule has 1 aromatic heterocycles. The molecule has 0 saturated heterocycles. The summed E-state index contributed by atoms with van der Waals surface area (Å²) in [4.78, 5) is 3.42. The first-order valence-electron chi connectivity index (χ1n) is 6.70. The van der Waals surface area contributed by atoms with E-state index in [9.17, 15) is 0 Å². The molecule has 0 aliphatic heterocycles. The largest absolute Gasteiger partial charge is 0.497 e. The number of benzene rings is 2. The van der Waals surface area contributed by atoms with Crippen molar-refractivity contribution in [2.75, 3.05) is 13.7 Å². The Kier molecular flexibility index (Phi) is 3.33. The minimum absolute atomic E-state index is 0.686. The Morgan fingerprint density at radius 1 is 0.950 bits per heavy atom. The Balaban J connectivity index is 1.96. The molecule has 0 spiro atoms. The molecule has 0 atom stereocenters. The van der Waals surface area contributed by atoms with Gasteiger partial charge in [0.15, 0.2) is 0 Å². The summed E-state index contributed by atoms with van der Waals surface area (Å²) in [6, 6.07) is 16.3. The van der Waals surface area contributed by atoms with Crippen LogP contribution in [0.3, 0.4) is 0 Å². The van der Waals surface area contributed by atoms with Gasteiger partial charge in [0.05, 0.1) is 13.7 Å². The van der Waals surface area contributed by atoms with E-state index in [0.717, 1.165) is 28.3 Å². The van der Waals surface area contributed by atoms with Crippen LogP contribution in [0, 0.1) is 0 Å². The second-order valence-electron chi connectivity index (χ2n) is 4.59. The SMILES string of the molecule is CCOc1ccc(-c2cc3ccc(OC)cc3[nH]2)cc1. The van der Waals surface area contributed by atoms with E-state index >= 15 is 0 Å². The normalized spacial score (nSPS) is 10.7. The summed E-state index contributed by atoms with van der Waals surface area (Å²) >= 11 is 0. The van der Waals surface area contributed by atoms with Crippen molar-refractivity contribution in [2.45, 2.75) is 6.92 Å². The average molecular weight is 267 g/mol. The maximum Gasteiger partial charge on any atom is 0.120 e. The zero-order valence-electron chi connectivity index (χ0n) is 11.6. The molecular formula is C17H17NO2. The van der Waals surface area contributed by atoms with Crippen molar-refractivity contribution in [3.8, 4) is 22.8 Å². The number of H-pyrrole nitrogens is 1. The van der Waals surface area contributed by atoms with E-state index in [2.05, 4.69) is 29.2 Å². The van der Waals surface area contributed by atoms with Crippen LogP contribution < -0.4 is 9.47 Å². The molecule has 0 bridgehead atoms. The van der Waals surface area contributed by atoms with Gasteiger partial charge in [-0.05, 0) is 55.0 Å². The number of fused-ring (bicyclic) bond motifs is 1. The minimum Gasteiger partial charge on any atom is -0.497 e. The maximum absolute atomic E-state index is 5.46. The molecule has 0 saturated carbocycles. The number of hydrogen-bond acceptors (Lipinski definition) is 2. The van der Waals surface area contributed by atoms with Gasteiger partial charge in [-0.25, -0.2) is 0 Å². The molecule has 3 rings (SSSR count). The van der Waals surface area contributed by atoms with E-state index in [0.29, 0.717) is 6.61 Å². The number of aromatic nitrogens is 1. The third-order valence-electron chi connectivity index (χ3n) is 3.31. The summed E-state index contributed by atoms with van der Waals surface area (Å²) < 4.78 is 10.7. The van der Waals surface area contributed by atoms with Crippen molar-refractivity contribution in [3.05, 3.63) is 48.5 Å². The van der Waals surface area contributed by atoms with Gasteiger partial charge in [-0.2, -0.15) is 0 Å². The fourth-order valence-electron chi connectivity index (χ4n) is 2.29. The molecule has 0 aliphatic carbocycles. The predicted molar refractivity (Wildman–Crippen MR) is 81.5 cm³/mol. The van der Waals surface area contributed by atoms with Gasteiger partial charge in [-0.3, -0.25) is 0 Å². The van der Waals surface area contributed by atoms with Gasteiger partial charge >= 0.3 is 0 Å². The molecule has 0 fully saturated rings.